The van der Waals surface area contributed by atoms with E-state index in [4.69, 9.17) is 0 Å². The molecule has 0 saturated carbocycles. The van der Waals surface area contributed by atoms with Crippen LogP contribution in [0.5, 0.6) is 0 Å². The van der Waals surface area contributed by atoms with Crippen LogP contribution in [0.4, 0.5) is 0 Å². The van der Waals surface area contributed by atoms with Gasteiger partial charge in [-0.15, -0.1) is 0 Å². The van der Waals surface area contributed by atoms with Crippen LogP contribution in [0.15, 0.2) is 12.4 Å². The summed E-state index contributed by atoms with van der Waals surface area (Å²) in [5.41, 5.74) is 1.29. The normalized spacial score (nSPS) is 31.1. The van der Waals surface area contributed by atoms with Gasteiger partial charge in [-0.3, -0.25) is 4.90 Å². The van der Waals surface area contributed by atoms with Crippen molar-refractivity contribution in [2.75, 3.05) is 33.3 Å². The molecule has 0 bridgehead atoms. The van der Waals surface area contributed by atoms with E-state index in [9.17, 15) is 5.11 Å². The molecule has 3 rings (SSSR count). The first-order valence-corrected chi connectivity index (χ1v) is 7.94. The van der Waals surface area contributed by atoms with Crippen molar-refractivity contribution >= 4 is 0 Å². The molecule has 3 heterocycles. The van der Waals surface area contributed by atoms with Crippen molar-refractivity contribution in [1.82, 2.24) is 19.8 Å². The first-order chi connectivity index (χ1) is 10.1. The molecule has 0 unspecified atom stereocenters. The largest absolute Gasteiger partial charge is 0.396 e. The highest BCUT2D eigenvalue weighted by atomic mass is 16.3. The summed E-state index contributed by atoms with van der Waals surface area (Å²) < 4.78 is 0. The summed E-state index contributed by atoms with van der Waals surface area (Å²) in [7, 11) is 2.20. The van der Waals surface area contributed by atoms with Gasteiger partial charge in [-0.1, -0.05) is 0 Å². The maximum Gasteiger partial charge on any atom is 0.125 e. The Bertz CT molecular complexity index is 478. The molecule has 2 atom stereocenters. The molecular weight excluding hydrogens is 264 g/mol. The SMILES string of the molecule is Cc1ncc(CN2CC[C@@]3(CO)CCCN(C)[C@@H]3C2)cn1. The molecular formula is C16H26N4O. The zero-order valence-corrected chi connectivity index (χ0v) is 13.1. The Morgan fingerprint density at radius 3 is 2.76 bits per heavy atom. The van der Waals surface area contributed by atoms with E-state index in [0.717, 1.165) is 38.4 Å². The molecule has 2 aliphatic heterocycles. The van der Waals surface area contributed by atoms with E-state index in [-0.39, 0.29) is 5.41 Å². The molecule has 21 heavy (non-hydrogen) atoms. The molecule has 1 aromatic rings. The van der Waals surface area contributed by atoms with E-state index in [0.29, 0.717) is 12.6 Å². The number of hydrogen-bond donors (Lipinski definition) is 1. The lowest BCUT2D eigenvalue weighted by Gasteiger charge is -2.53. The molecule has 5 nitrogen and oxygen atoms in total. The van der Waals surface area contributed by atoms with Crippen molar-refractivity contribution in [3.05, 3.63) is 23.8 Å². The molecule has 5 heteroatoms. The van der Waals surface area contributed by atoms with Crippen molar-refractivity contribution in [3.63, 3.8) is 0 Å². The molecule has 2 saturated heterocycles. The van der Waals surface area contributed by atoms with Gasteiger partial charge in [0.1, 0.15) is 5.82 Å². The lowest BCUT2D eigenvalue weighted by molar-refractivity contribution is -0.0684. The number of hydrogen-bond acceptors (Lipinski definition) is 5. The Balaban J connectivity index is 1.69. The van der Waals surface area contributed by atoms with Crippen LogP contribution in [-0.2, 0) is 6.54 Å². The van der Waals surface area contributed by atoms with Crippen molar-refractivity contribution in [2.24, 2.45) is 5.41 Å². The minimum atomic E-state index is 0.118. The summed E-state index contributed by atoms with van der Waals surface area (Å²) in [6.07, 6.45) is 7.33. The van der Waals surface area contributed by atoms with Crippen LogP contribution in [0.3, 0.4) is 0 Å². The third-order valence-corrected chi connectivity index (χ3v) is 5.34. The number of aliphatic hydroxyl groups is 1. The quantitative estimate of drug-likeness (QED) is 0.902. The number of likely N-dealkylation sites (tertiary alicyclic amines) is 2. The number of piperidine rings is 2. The van der Waals surface area contributed by atoms with E-state index < -0.39 is 0 Å². The van der Waals surface area contributed by atoms with Gasteiger partial charge in [0.2, 0.25) is 0 Å². The summed E-state index contributed by atoms with van der Waals surface area (Å²) in [5.74, 6) is 0.823. The summed E-state index contributed by atoms with van der Waals surface area (Å²) in [6, 6.07) is 0.469. The molecule has 0 radical (unpaired) electrons. The van der Waals surface area contributed by atoms with Gasteiger partial charge in [0.05, 0.1) is 6.61 Å². The first-order valence-electron chi connectivity index (χ1n) is 7.94. The molecule has 0 aromatic carbocycles. The average Bonchev–Trinajstić information content (AvgIpc) is 2.50. The van der Waals surface area contributed by atoms with Gasteiger partial charge in [-0.2, -0.15) is 0 Å². The molecule has 0 spiro atoms. The van der Waals surface area contributed by atoms with Crippen LogP contribution in [0.2, 0.25) is 0 Å². The summed E-state index contributed by atoms with van der Waals surface area (Å²) in [5, 5.41) is 9.94. The fourth-order valence-electron chi connectivity index (χ4n) is 3.98. The average molecular weight is 290 g/mol. The number of nitrogens with zero attached hydrogens (tertiary/aromatic N) is 4. The second-order valence-corrected chi connectivity index (χ2v) is 6.74. The monoisotopic (exact) mass is 290 g/mol. The zero-order chi connectivity index (χ0) is 14.9. The summed E-state index contributed by atoms with van der Waals surface area (Å²) in [4.78, 5) is 13.5. The molecule has 0 aliphatic carbocycles. The predicted octanol–water partition coefficient (Wildman–Crippen LogP) is 1.06. The third kappa shape index (κ3) is 2.96. The Kier molecular flexibility index (Phi) is 4.24. The topological polar surface area (TPSA) is 52.5 Å². The van der Waals surface area contributed by atoms with Crippen LogP contribution < -0.4 is 0 Å². The second-order valence-electron chi connectivity index (χ2n) is 6.74. The number of fused-ring (bicyclic) bond motifs is 1. The van der Waals surface area contributed by atoms with Crippen LogP contribution in [0.25, 0.3) is 0 Å². The van der Waals surface area contributed by atoms with E-state index in [2.05, 4.69) is 26.8 Å². The zero-order valence-electron chi connectivity index (χ0n) is 13.1. The molecule has 2 fully saturated rings. The summed E-state index contributed by atoms with van der Waals surface area (Å²) in [6.45, 7) is 6.38. The van der Waals surface area contributed by atoms with Gasteiger partial charge < -0.3 is 10.0 Å². The Morgan fingerprint density at radius 2 is 2.05 bits per heavy atom. The van der Waals surface area contributed by atoms with Crippen molar-refractivity contribution < 1.29 is 5.11 Å². The molecule has 2 aliphatic rings. The minimum absolute atomic E-state index is 0.118. The van der Waals surface area contributed by atoms with Gasteiger partial charge in [0.25, 0.3) is 0 Å². The van der Waals surface area contributed by atoms with Gasteiger partial charge in [-0.25, -0.2) is 9.97 Å². The fraction of sp³-hybridized carbons (Fsp3) is 0.750. The van der Waals surface area contributed by atoms with Gasteiger partial charge >= 0.3 is 0 Å². The number of rotatable bonds is 3. The molecule has 1 N–H and O–H groups in total. The molecule has 116 valence electrons. The number of aryl methyl sites for hydroxylation is 1. The van der Waals surface area contributed by atoms with E-state index in [1.54, 1.807) is 0 Å². The highest BCUT2D eigenvalue weighted by Crippen LogP contribution is 2.41. The first kappa shape index (κ1) is 14.9. The number of likely N-dealkylation sites (N-methyl/N-ethyl adjacent to an activating group) is 1. The van der Waals surface area contributed by atoms with Crippen molar-refractivity contribution in [3.8, 4) is 0 Å². The highest BCUT2D eigenvalue weighted by Gasteiger charge is 2.46. The van der Waals surface area contributed by atoms with Gasteiger partial charge in [0, 0.05) is 42.5 Å². The maximum atomic E-state index is 9.94. The van der Waals surface area contributed by atoms with Crippen LogP contribution in [0.1, 0.15) is 30.7 Å². The highest BCUT2D eigenvalue weighted by molar-refractivity contribution is 5.07. The third-order valence-electron chi connectivity index (χ3n) is 5.34. The Hall–Kier alpha value is -1.04. The fourth-order valence-corrected chi connectivity index (χ4v) is 3.98. The van der Waals surface area contributed by atoms with E-state index in [1.165, 1.54) is 18.4 Å². The second kappa shape index (κ2) is 5.99. The molecule has 1 aromatic heterocycles. The smallest absolute Gasteiger partial charge is 0.125 e. The van der Waals surface area contributed by atoms with E-state index in [1.807, 2.05) is 19.3 Å². The van der Waals surface area contributed by atoms with Gasteiger partial charge in [-0.05, 0) is 46.3 Å². The molecule has 0 amide bonds. The lowest BCUT2D eigenvalue weighted by atomic mass is 9.69. The van der Waals surface area contributed by atoms with Crippen molar-refractivity contribution in [2.45, 2.75) is 38.8 Å². The van der Waals surface area contributed by atoms with Crippen LogP contribution in [-0.4, -0.2) is 64.2 Å². The Morgan fingerprint density at radius 1 is 1.29 bits per heavy atom. The van der Waals surface area contributed by atoms with Crippen molar-refractivity contribution in [1.29, 1.82) is 0 Å². The van der Waals surface area contributed by atoms with E-state index >= 15 is 0 Å². The standard InChI is InChI=1S/C16H26N4O/c1-13-17-8-14(9-18-13)10-20-7-5-16(12-21)4-3-6-19(2)15(16)11-20/h8-9,15,21H,3-7,10-12H2,1-2H3/t15-,16-/m1/s1. The predicted molar refractivity (Wildman–Crippen MR) is 81.8 cm³/mol. The minimum Gasteiger partial charge on any atom is -0.396 e. The van der Waals surface area contributed by atoms with Crippen LogP contribution in [0, 0.1) is 12.3 Å². The number of aliphatic hydroxyl groups excluding tert-OH is 1. The number of aromatic nitrogens is 2. The van der Waals surface area contributed by atoms with Crippen LogP contribution >= 0.6 is 0 Å². The lowest BCUT2D eigenvalue weighted by Crippen LogP contribution is -2.61. The summed E-state index contributed by atoms with van der Waals surface area (Å²) >= 11 is 0. The van der Waals surface area contributed by atoms with Gasteiger partial charge in [0.15, 0.2) is 0 Å². The maximum absolute atomic E-state index is 9.94. The Labute approximate surface area is 127 Å².